The maximum atomic E-state index is 13.8. The van der Waals surface area contributed by atoms with Gasteiger partial charge in [-0.25, -0.2) is 19.3 Å². The van der Waals surface area contributed by atoms with Crippen molar-refractivity contribution in [3.8, 4) is 17.2 Å². The van der Waals surface area contributed by atoms with Crippen LogP contribution in [0.25, 0.3) is 28.4 Å². The van der Waals surface area contributed by atoms with Crippen LogP contribution in [0.3, 0.4) is 0 Å². The molecule has 8 nitrogen and oxygen atoms in total. The average Bonchev–Trinajstić information content (AvgIpc) is 3.33. The van der Waals surface area contributed by atoms with Crippen LogP contribution in [-0.2, 0) is 0 Å². The van der Waals surface area contributed by atoms with E-state index in [9.17, 15) is 4.39 Å². The molecule has 2 aromatic carbocycles. The summed E-state index contributed by atoms with van der Waals surface area (Å²) in [5, 5.41) is 3.40. The van der Waals surface area contributed by atoms with E-state index in [1.807, 2.05) is 41.0 Å². The van der Waals surface area contributed by atoms with E-state index in [4.69, 9.17) is 15.0 Å². The molecule has 1 aliphatic heterocycles. The van der Waals surface area contributed by atoms with E-state index in [0.717, 1.165) is 48.6 Å². The van der Waals surface area contributed by atoms with E-state index in [-0.39, 0.29) is 11.9 Å². The predicted molar refractivity (Wildman–Crippen MR) is 148 cm³/mol. The molecule has 1 aliphatic rings. The lowest BCUT2D eigenvalue weighted by Crippen LogP contribution is -2.44. The number of aromatic nitrogens is 5. The maximum Gasteiger partial charge on any atom is 0.225 e. The van der Waals surface area contributed by atoms with E-state index in [2.05, 4.69) is 46.2 Å². The minimum Gasteiger partial charge on any atom is -0.354 e. The number of hydrogen-bond acceptors (Lipinski definition) is 7. The molecule has 1 fully saturated rings. The molecule has 0 spiro atoms. The molecule has 192 valence electrons. The fraction of sp³-hybridized carbons (Fsp3) is 0.241. The second kappa shape index (κ2) is 10.2. The van der Waals surface area contributed by atoms with Gasteiger partial charge in [-0.15, -0.1) is 0 Å². The molecule has 4 heterocycles. The van der Waals surface area contributed by atoms with E-state index < -0.39 is 0 Å². The van der Waals surface area contributed by atoms with E-state index >= 15 is 0 Å². The van der Waals surface area contributed by atoms with Gasteiger partial charge in [0.05, 0.1) is 11.6 Å². The number of pyridine rings is 1. The van der Waals surface area contributed by atoms with Gasteiger partial charge in [0.1, 0.15) is 23.3 Å². The fourth-order valence-corrected chi connectivity index (χ4v) is 4.75. The summed E-state index contributed by atoms with van der Waals surface area (Å²) in [5.41, 5.74) is 3.35. The third-order valence-corrected chi connectivity index (χ3v) is 6.95. The Balaban J connectivity index is 1.41. The van der Waals surface area contributed by atoms with Crippen molar-refractivity contribution in [3.05, 3.63) is 90.4 Å². The molecule has 0 unspecified atom stereocenters. The summed E-state index contributed by atoms with van der Waals surface area (Å²) in [7, 11) is 2.13. The summed E-state index contributed by atoms with van der Waals surface area (Å²) < 4.78 is 15.7. The molecule has 3 aromatic heterocycles. The summed E-state index contributed by atoms with van der Waals surface area (Å²) in [6, 6.07) is 22.5. The quantitative estimate of drug-likeness (QED) is 0.348. The number of imidazole rings is 1. The second-order valence-corrected chi connectivity index (χ2v) is 9.60. The summed E-state index contributed by atoms with van der Waals surface area (Å²) in [5.74, 6) is 2.41. The number of hydrogen-bond donors (Lipinski definition) is 1. The molecule has 5 aromatic rings. The number of fused-ring (bicyclic) bond motifs is 1. The number of nitrogens with one attached hydrogen (secondary N) is 1. The van der Waals surface area contributed by atoms with Gasteiger partial charge in [-0.3, -0.25) is 4.57 Å². The smallest absolute Gasteiger partial charge is 0.225 e. The predicted octanol–water partition coefficient (Wildman–Crippen LogP) is 4.94. The van der Waals surface area contributed by atoms with Crippen LogP contribution in [0.5, 0.6) is 0 Å². The molecule has 0 amide bonds. The molecule has 38 heavy (non-hydrogen) atoms. The Bertz CT molecular complexity index is 1540. The van der Waals surface area contributed by atoms with Crippen LogP contribution in [0, 0.1) is 5.82 Å². The van der Waals surface area contributed by atoms with Crippen LogP contribution in [-0.4, -0.2) is 62.6 Å². The lowest BCUT2D eigenvalue weighted by Gasteiger charge is -2.33. The van der Waals surface area contributed by atoms with Gasteiger partial charge >= 0.3 is 0 Å². The molecule has 1 saturated heterocycles. The van der Waals surface area contributed by atoms with Crippen molar-refractivity contribution in [2.75, 3.05) is 43.4 Å². The number of likely N-dealkylation sites (N-methyl/N-ethyl adjacent to an activating group) is 1. The summed E-state index contributed by atoms with van der Waals surface area (Å²) in [6.07, 6.45) is 1.73. The third kappa shape index (κ3) is 4.80. The van der Waals surface area contributed by atoms with Crippen LogP contribution in [0.1, 0.15) is 18.5 Å². The highest BCUT2D eigenvalue weighted by Crippen LogP contribution is 2.29. The van der Waals surface area contributed by atoms with Crippen LogP contribution in [0.2, 0.25) is 0 Å². The SMILES string of the molecule is C[C@@H](Nc1nccc(-n2c(-c3ccc(F)cc3)nc3nc(N4CCN(C)CC4)ccc32)n1)c1ccccc1. The zero-order chi connectivity index (χ0) is 26.1. The van der Waals surface area contributed by atoms with Crippen molar-refractivity contribution in [3.63, 3.8) is 0 Å². The summed E-state index contributed by atoms with van der Waals surface area (Å²) in [4.78, 5) is 23.7. The van der Waals surface area contributed by atoms with Gasteiger partial charge in [-0.1, -0.05) is 30.3 Å². The Kier molecular flexibility index (Phi) is 6.43. The van der Waals surface area contributed by atoms with Crippen LogP contribution in [0.15, 0.2) is 79.0 Å². The molecular formula is C29H29FN8. The molecule has 0 bridgehead atoms. The average molecular weight is 509 g/mol. The Labute approximate surface area is 220 Å². The number of rotatable bonds is 6. The van der Waals surface area contributed by atoms with Crippen LogP contribution in [0.4, 0.5) is 16.2 Å². The van der Waals surface area contributed by atoms with Crippen LogP contribution >= 0.6 is 0 Å². The van der Waals surface area contributed by atoms with E-state index in [1.165, 1.54) is 12.1 Å². The highest BCUT2D eigenvalue weighted by Gasteiger charge is 2.20. The summed E-state index contributed by atoms with van der Waals surface area (Å²) >= 11 is 0. The Morgan fingerprint density at radius 2 is 1.58 bits per heavy atom. The van der Waals surface area contributed by atoms with Crippen LogP contribution < -0.4 is 10.2 Å². The molecule has 0 aliphatic carbocycles. The minimum absolute atomic E-state index is 0.0235. The Morgan fingerprint density at radius 1 is 0.816 bits per heavy atom. The first-order chi connectivity index (χ1) is 18.5. The molecule has 6 rings (SSSR count). The number of anilines is 2. The zero-order valence-corrected chi connectivity index (χ0v) is 21.4. The van der Waals surface area contributed by atoms with Gasteiger partial charge in [-0.2, -0.15) is 4.98 Å². The Morgan fingerprint density at radius 3 is 2.34 bits per heavy atom. The van der Waals surface area contributed by atoms with Crippen molar-refractivity contribution >= 4 is 22.9 Å². The first-order valence-electron chi connectivity index (χ1n) is 12.8. The van der Waals surface area contributed by atoms with Crippen molar-refractivity contribution in [2.24, 2.45) is 0 Å². The lowest BCUT2D eigenvalue weighted by molar-refractivity contribution is 0.312. The molecule has 1 N–H and O–H groups in total. The van der Waals surface area contributed by atoms with Gasteiger partial charge in [0, 0.05) is 37.9 Å². The Hall–Kier alpha value is -4.37. The highest BCUT2D eigenvalue weighted by molar-refractivity contribution is 5.81. The van der Waals surface area contributed by atoms with Crippen molar-refractivity contribution in [2.45, 2.75) is 13.0 Å². The second-order valence-electron chi connectivity index (χ2n) is 9.60. The van der Waals surface area contributed by atoms with Gasteiger partial charge in [0.2, 0.25) is 5.95 Å². The number of benzene rings is 2. The van der Waals surface area contributed by atoms with Crippen molar-refractivity contribution in [1.29, 1.82) is 0 Å². The molecule has 1 atom stereocenters. The first kappa shape index (κ1) is 24.0. The monoisotopic (exact) mass is 508 g/mol. The van der Waals surface area contributed by atoms with Gasteiger partial charge in [0.25, 0.3) is 0 Å². The largest absolute Gasteiger partial charge is 0.354 e. The van der Waals surface area contributed by atoms with Gasteiger partial charge in [-0.05, 0) is 62.0 Å². The summed E-state index contributed by atoms with van der Waals surface area (Å²) in [6.45, 7) is 5.90. The molecule has 0 saturated carbocycles. The van der Waals surface area contributed by atoms with Crippen molar-refractivity contribution < 1.29 is 4.39 Å². The topological polar surface area (TPSA) is 75.0 Å². The molecular weight excluding hydrogens is 479 g/mol. The van der Waals surface area contributed by atoms with E-state index in [1.54, 1.807) is 18.3 Å². The zero-order valence-electron chi connectivity index (χ0n) is 21.4. The fourth-order valence-electron chi connectivity index (χ4n) is 4.75. The maximum absolute atomic E-state index is 13.8. The van der Waals surface area contributed by atoms with Gasteiger partial charge in [0.15, 0.2) is 5.65 Å². The van der Waals surface area contributed by atoms with Gasteiger partial charge < -0.3 is 15.1 Å². The normalized spacial score (nSPS) is 15.1. The van der Waals surface area contributed by atoms with Crippen molar-refractivity contribution in [1.82, 2.24) is 29.4 Å². The number of piperazine rings is 1. The number of nitrogens with zero attached hydrogens (tertiary/aromatic N) is 7. The first-order valence-corrected chi connectivity index (χ1v) is 12.8. The molecule has 0 radical (unpaired) electrons. The standard InChI is InChI=1S/C29H29FN8/c1-20(21-6-4-3-5-7-21)32-29-31-15-14-26(34-29)38-24-12-13-25(37-18-16-36(2)17-19-37)33-27(24)35-28(38)22-8-10-23(30)11-9-22/h3-15,20H,16-19H2,1-2H3,(H,31,32,34)/t20-/m1/s1. The third-order valence-electron chi connectivity index (χ3n) is 6.95. The highest BCUT2D eigenvalue weighted by atomic mass is 19.1. The minimum atomic E-state index is -0.296. The molecule has 9 heteroatoms. The number of halogens is 1. The van der Waals surface area contributed by atoms with E-state index in [0.29, 0.717) is 23.2 Å². The lowest BCUT2D eigenvalue weighted by atomic mass is 10.1.